The van der Waals surface area contributed by atoms with Gasteiger partial charge in [-0.05, 0) is 12.5 Å². The van der Waals surface area contributed by atoms with E-state index in [2.05, 4.69) is 5.32 Å². The SMILES string of the molecule is Cc1cccc(C2C(=O)NCCN2C(=O)C(C)(C)C)c1. The minimum Gasteiger partial charge on any atom is -0.352 e. The van der Waals surface area contributed by atoms with Gasteiger partial charge >= 0.3 is 0 Å². The first-order valence-corrected chi connectivity index (χ1v) is 6.96. The van der Waals surface area contributed by atoms with Gasteiger partial charge in [-0.2, -0.15) is 0 Å². The summed E-state index contributed by atoms with van der Waals surface area (Å²) < 4.78 is 0. The van der Waals surface area contributed by atoms with Crippen LogP contribution < -0.4 is 5.32 Å². The standard InChI is InChI=1S/C16H22N2O2/c1-11-6-5-7-12(10-11)13-14(19)17-8-9-18(13)15(20)16(2,3)4/h5-7,10,13H,8-9H2,1-4H3,(H,17,19). The Morgan fingerprint density at radius 3 is 2.65 bits per heavy atom. The average molecular weight is 274 g/mol. The van der Waals surface area contributed by atoms with Crippen LogP contribution >= 0.6 is 0 Å². The number of hydrogen-bond acceptors (Lipinski definition) is 2. The maximum Gasteiger partial charge on any atom is 0.247 e. The van der Waals surface area contributed by atoms with Gasteiger partial charge in [0.05, 0.1) is 0 Å². The Bertz CT molecular complexity index is 532. The molecule has 0 aliphatic carbocycles. The van der Waals surface area contributed by atoms with Gasteiger partial charge < -0.3 is 10.2 Å². The third kappa shape index (κ3) is 2.84. The molecule has 1 aliphatic rings. The number of carbonyl (C=O) groups excluding carboxylic acids is 2. The lowest BCUT2D eigenvalue weighted by Gasteiger charge is -2.38. The molecule has 2 amide bonds. The fourth-order valence-electron chi connectivity index (χ4n) is 2.49. The highest BCUT2D eigenvalue weighted by Crippen LogP contribution is 2.29. The van der Waals surface area contributed by atoms with E-state index >= 15 is 0 Å². The Morgan fingerprint density at radius 1 is 1.35 bits per heavy atom. The van der Waals surface area contributed by atoms with Crippen molar-refractivity contribution >= 4 is 11.8 Å². The van der Waals surface area contributed by atoms with E-state index in [0.717, 1.165) is 11.1 Å². The summed E-state index contributed by atoms with van der Waals surface area (Å²) in [6.45, 7) is 8.71. The molecule has 0 aromatic heterocycles. The number of piperazine rings is 1. The molecular weight excluding hydrogens is 252 g/mol. The van der Waals surface area contributed by atoms with Crippen LogP contribution in [0.3, 0.4) is 0 Å². The van der Waals surface area contributed by atoms with Gasteiger partial charge in [0.2, 0.25) is 11.8 Å². The van der Waals surface area contributed by atoms with E-state index in [0.29, 0.717) is 13.1 Å². The molecule has 0 radical (unpaired) electrons. The number of benzene rings is 1. The van der Waals surface area contributed by atoms with Crippen molar-refractivity contribution in [3.05, 3.63) is 35.4 Å². The summed E-state index contributed by atoms with van der Waals surface area (Å²) in [6.07, 6.45) is 0. The fraction of sp³-hybridized carbons (Fsp3) is 0.500. The molecule has 1 aromatic rings. The quantitative estimate of drug-likeness (QED) is 0.852. The lowest BCUT2D eigenvalue weighted by molar-refractivity contribution is -0.149. The molecule has 108 valence electrons. The molecule has 1 aromatic carbocycles. The predicted molar refractivity (Wildman–Crippen MR) is 78.1 cm³/mol. The first-order chi connectivity index (χ1) is 9.30. The molecule has 20 heavy (non-hydrogen) atoms. The fourth-order valence-corrected chi connectivity index (χ4v) is 2.49. The van der Waals surface area contributed by atoms with Gasteiger partial charge in [0.25, 0.3) is 0 Å². The number of nitrogens with zero attached hydrogens (tertiary/aromatic N) is 1. The van der Waals surface area contributed by atoms with Crippen molar-refractivity contribution in [3.63, 3.8) is 0 Å². The van der Waals surface area contributed by atoms with Crippen molar-refractivity contribution in [2.75, 3.05) is 13.1 Å². The second-order valence-electron chi connectivity index (χ2n) is 6.36. The van der Waals surface area contributed by atoms with Gasteiger partial charge in [0, 0.05) is 18.5 Å². The lowest BCUT2D eigenvalue weighted by atomic mass is 9.91. The highest BCUT2D eigenvalue weighted by atomic mass is 16.2. The molecule has 1 N–H and O–H groups in total. The highest BCUT2D eigenvalue weighted by Gasteiger charge is 2.38. The first-order valence-electron chi connectivity index (χ1n) is 6.96. The molecule has 0 spiro atoms. The number of amides is 2. The second kappa shape index (κ2) is 5.27. The van der Waals surface area contributed by atoms with E-state index in [4.69, 9.17) is 0 Å². The van der Waals surface area contributed by atoms with Gasteiger partial charge in [-0.25, -0.2) is 0 Å². The summed E-state index contributed by atoms with van der Waals surface area (Å²) in [5.41, 5.74) is 1.48. The average Bonchev–Trinajstić information content (AvgIpc) is 2.36. The van der Waals surface area contributed by atoms with Crippen LogP contribution in [0, 0.1) is 12.3 Å². The van der Waals surface area contributed by atoms with E-state index in [1.807, 2.05) is 52.0 Å². The van der Waals surface area contributed by atoms with E-state index in [1.165, 1.54) is 0 Å². The van der Waals surface area contributed by atoms with Gasteiger partial charge in [0.15, 0.2) is 0 Å². The van der Waals surface area contributed by atoms with Gasteiger partial charge in [0.1, 0.15) is 6.04 Å². The molecule has 1 atom stereocenters. The predicted octanol–water partition coefficient (Wildman–Crippen LogP) is 2.04. The van der Waals surface area contributed by atoms with Crippen LogP contribution in [0.15, 0.2) is 24.3 Å². The molecule has 2 rings (SSSR count). The largest absolute Gasteiger partial charge is 0.352 e. The zero-order valence-corrected chi connectivity index (χ0v) is 12.6. The first kappa shape index (κ1) is 14.6. The van der Waals surface area contributed by atoms with Gasteiger partial charge in [-0.15, -0.1) is 0 Å². The Kier molecular flexibility index (Phi) is 3.84. The van der Waals surface area contributed by atoms with Crippen molar-refractivity contribution in [2.45, 2.75) is 33.7 Å². The topological polar surface area (TPSA) is 49.4 Å². The molecule has 1 saturated heterocycles. The summed E-state index contributed by atoms with van der Waals surface area (Å²) in [6, 6.07) is 7.27. The summed E-state index contributed by atoms with van der Waals surface area (Å²) >= 11 is 0. The molecule has 0 bridgehead atoms. The molecule has 0 saturated carbocycles. The second-order valence-corrected chi connectivity index (χ2v) is 6.36. The Morgan fingerprint density at radius 2 is 2.05 bits per heavy atom. The summed E-state index contributed by atoms with van der Waals surface area (Å²) in [5.74, 6) is -0.0849. The molecule has 1 fully saturated rings. The molecule has 1 aliphatic heterocycles. The molecule has 4 nitrogen and oxygen atoms in total. The third-order valence-corrected chi connectivity index (χ3v) is 3.47. The zero-order valence-electron chi connectivity index (χ0n) is 12.6. The van der Waals surface area contributed by atoms with Gasteiger partial charge in [-0.3, -0.25) is 9.59 Å². The lowest BCUT2D eigenvalue weighted by Crippen LogP contribution is -2.54. The van der Waals surface area contributed by atoms with Crippen LogP contribution in [0.1, 0.15) is 37.9 Å². The van der Waals surface area contributed by atoms with E-state index in [-0.39, 0.29) is 11.8 Å². The summed E-state index contributed by atoms with van der Waals surface area (Å²) in [5, 5.41) is 2.85. The molecule has 1 heterocycles. The minimum atomic E-state index is -0.518. The Hall–Kier alpha value is -1.84. The zero-order chi connectivity index (χ0) is 14.9. The third-order valence-electron chi connectivity index (χ3n) is 3.47. The van der Waals surface area contributed by atoms with E-state index in [1.54, 1.807) is 4.90 Å². The molecule has 1 unspecified atom stereocenters. The van der Waals surface area contributed by atoms with Crippen molar-refractivity contribution in [1.82, 2.24) is 10.2 Å². The maximum atomic E-state index is 12.6. The van der Waals surface area contributed by atoms with Crippen LogP contribution in [-0.4, -0.2) is 29.8 Å². The van der Waals surface area contributed by atoms with Gasteiger partial charge in [-0.1, -0.05) is 50.6 Å². The number of hydrogen-bond donors (Lipinski definition) is 1. The summed E-state index contributed by atoms with van der Waals surface area (Å²) in [4.78, 5) is 26.5. The van der Waals surface area contributed by atoms with Crippen LogP contribution in [0.5, 0.6) is 0 Å². The Balaban J connectivity index is 2.39. The Labute approximate surface area is 120 Å². The monoisotopic (exact) mass is 274 g/mol. The van der Waals surface area contributed by atoms with Crippen molar-refractivity contribution in [3.8, 4) is 0 Å². The van der Waals surface area contributed by atoms with E-state index < -0.39 is 11.5 Å². The number of aryl methyl sites for hydroxylation is 1. The minimum absolute atomic E-state index is 0.0128. The summed E-state index contributed by atoms with van der Waals surface area (Å²) in [7, 11) is 0. The normalized spacial score (nSPS) is 19.7. The number of carbonyl (C=O) groups is 2. The van der Waals surface area contributed by atoms with Crippen LogP contribution in [-0.2, 0) is 9.59 Å². The highest BCUT2D eigenvalue weighted by molar-refractivity contribution is 5.91. The van der Waals surface area contributed by atoms with Crippen LogP contribution in [0.25, 0.3) is 0 Å². The smallest absolute Gasteiger partial charge is 0.247 e. The van der Waals surface area contributed by atoms with Crippen molar-refractivity contribution < 1.29 is 9.59 Å². The van der Waals surface area contributed by atoms with Crippen molar-refractivity contribution in [1.29, 1.82) is 0 Å². The van der Waals surface area contributed by atoms with Crippen molar-refractivity contribution in [2.24, 2.45) is 5.41 Å². The van der Waals surface area contributed by atoms with Crippen LogP contribution in [0.2, 0.25) is 0 Å². The molecular formula is C16H22N2O2. The molecule has 4 heteroatoms. The van der Waals surface area contributed by atoms with Crippen LogP contribution in [0.4, 0.5) is 0 Å². The maximum absolute atomic E-state index is 12.6. The van der Waals surface area contributed by atoms with E-state index in [9.17, 15) is 9.59 Å². The number of rotatable bonds is 1. The number of nitrogens with one attached hydrogen (secondary N) is 1.